The first kappa shape index (κ1) is 16.6. The van der Waals surface area contributed by atoms with Crippen molar-refractivity contribution in [3.8, 4) is 22.9 Å². The maximum atomic E-state index is 10.5. The number of fused-ring (bicyclic) bond motifs is 1. The van der Waals surface area contributed by atoms with Crippen molar-refractivity contribution in [2.24, 2.45) is 0 Å². The second kappa shape index (κ2) is 6.83. The summed E-state index contributed by atoms with van der Waals surface area (Å²) in [5.74, 6) is 1.96. The van der Waals surface area contributed by atoms with Crippen LogP contribution < -0.4 is 9.64 Å². The van der Waals surface area contributed by atoms with Crippen molar-refractivity contribution in [3.05, 3.63) is 42.5 Å². The summed E-state index contributed by atoms with van der Waals surface area (Å²) in [5, 5.41) is 11.6. The molecule has 134 valence electrons. The summed E-state index contributed by atoms with van der Waals surface area (Å²) in [4.78, 5) is 12.0. The number of rotatable bonds is 3. The molecule has 0 amide bonds. The molecule has 1 saturated heterocycles. The molecular formula is C21H23N3O2. The van der Waals surface area contributed by atoms with E-state index >= 15 is 0 Å². The molecule has 1 aliphatic heterocycles. The van der Waals surface area contributed by atoms with Crippen molar-refractivity contribution in [2.75, 3.05) is 18.6 Å². The van der Waals surface area contributed by atoms with E-state index in [1.54, 1.807) is 13.2 Å². The Morgan fingerprint density at radius 3 is 2.73 bits per heavy atom. The summed E-state index contributed by atoms with van der Waals surface area (Å²) in [6, 6.07) is 13.9. The molecule has 1 atom stereocenters. The molecule has 3 aromatic rings. The van der Waals surface area contributed by atoms with Crippen LogP contribution in [0.1, 0.15) is 26.2 Å². The van der Waals surface area contributed by atoms with Crippen LogP contribution in [-0.4, -0.2) is 34.8 Å². The van der Waals surface area contributed by atoms with E-state index in [0.29, 0.717) is 23.2 Å². The maximum Gasteiger partial charge on any atom is 0.168 e. The van der Waals surface area contributed by atoms with E-state index in [1.165, 1.54) is 12.8 Å². The highest BCUT2D eigenvalue weighted by Crippen LogP contribution is 2.38. The van der Waals surface area contributed by atoms with Gasteiger partial charge in [0.1, 0.15) is 5.82 Å². The Kier molecular flexibility index (Phi) is 4.37. The molecule has 26 heavy (non-hydrogen) atoms. The largest absolute Gasteiger partial charge is 0.504 e. The fourth-order valence-corrected chi connectivity index (χ4v) is 3.68. The predicted molar refractivity (Wildman–Crippen MR) is 104 cm³/mol. The number of hydrogen-bond acceptors (Lipinski definition) is 5. The van der Waals surface area contributed by atoms with Gasteiger partial charge in [-0.25, -0.2) is 9.97 Å². The van der Waals surface area contributed by atoms with E-state index in [0.717, 1.165) is 29.7 Å². The Hall–Kier alpha value is -2.82. The van der Waals surface area contributed by atoms with E-state index < -0.39 is 0 Å². The number of para-hydroxylation sites is 2. The average Bonchev–Trinajstić information content (AvgIpc) is 2.68. The fraction of sp³-hybridized carbons (Fsp3) is 0.333. The fourth-order valence-electron chi connectivity index (χ4n) is 3.68. The third-order valence-corrected chi connectivity index (χ3v) is 5.12. The van der Waals surface area contributed by atoms with Crippen molar-refractivity contribution in [2.45, 2.75) is 32.2 Å². The van der Waals surface area contributed by atoms with Crippen LogP contribution in [0.15, 0.2) is 42.5 Å². The molecular weight excluding hydrogens is 326 g/mol. The van der Waals surface area contributed by atoms with Gasteiger partial charge < -0.3 is 14.7 Å². The molecule has 0 unspecified atom stereocenters. The van der Waals surface area contributed by atoms with Crippen LogP contribution in [0.25, 0.3) is 22.3 Å². The minimum Gasteiger partial charge on any atom is -0.504 e. The minimum atomic E-state index is 0.0722. The van der Waals surface area contributed by atoms with Crippen molar-refractivity contribution >= 4 is 16.7 Å². The highest BCUT2D eigenvalue weighted by molar-refractivity contribution is 5.91. The predicted octanol–water partition coefficient (Wildman–Crippen LogP) is 4.39. The lowest BCUT2D eigenvalue weighted by Crippen LogP contribution is -2.38. The number of hydrogen-bond donors (Lipinski definition) is 1. The number of phenols is 1. The van der Waals surface area contributed by atoms with Gasteiger partial charge in [0.2, 0.25) is 0 Å². The summed E-state index contributed by atoms with van der Waals surface area (Å²) in [5.41, 5.74) is 1.47. The molecule has 2 heterocycles. The third kappa shape index (κ3) is 2.83. The molecule has 0 saturated carbocycles. The molecule has 2 aromatic carbocycles. The van der Waals surface area contributed by atoms with Crippen LogP contribution in [0.4, 0.5) is 5.82 Å². The van der Waals surface area contributed by atoms with Gasteiger partial charge in [0, 0.05) is 18.0 Å². The van der Waals surface area contributed by atoms with Crippen molar-refractivity contribution in [3.63, 3.8) is 0 Å². The summed E-state index contributed by atoms with van der Waals surface area (Å²) >= 11 is 0. The van der Waals surface area contributed by atoms with Gasteiger partial charge in [-0.3, -0.25) is 0 Å². The number of aromatic hydroxyl groups is 1. The highest BCUT2D eigenvalue weighted by Gasteiger charge is 2.23. The molecule has 0 spiro atoms. The first-order valence-corrected chi connectivity index (χ1v) is 9.09. The van der Waals surface area contributed by atoms with Crippen molar-refractivity contribution in [1.29, 1.82) is 0 Å². The Bertz CT molecular complexity index is 942. The van der Waals surface area contributed by atoms with E-state index in [-0.39, 0.29) is 5.75 Å². The molecule has 0 radical (unpaired) electrons. The molecule has 0 aliphatic carbocycles. The van der Waals surface area contributed by atoms with Gasteiger partial charge in [0.05, 0.1) is 18.2 Å². The number of ether oxygens (including phenoxy) is 1. The first-order valence-electron chi connectivity index (χ1n) is 9.09. The van der Waals surface area contributed by atoms with Gasteiger partial charge >= 0.3 is 0 Å². The van der Waals surface area contributed by atoms with Crippen LogP contribution in [0, 0.1) is 0 Å². The van der Waals surface area contributed by atoms with Gasteiger partial charge in [-0.2, -0.15) is 0 Å². The highest BCUT2D eigenvalue weighted by atomic mass is 16.5. The van der Waals surface area contributed by atoms with Crippen LogP contribution in [-0.2, 0) is 0 Å². The van der Waals surface area contributed by atoms with Crippen LogP contribution in [0.5, 0.6) is 11.5 Å². The molecule has 5 heteroatoms. The number of anilines is 1. The Labute approximate surface area is 153 Å². The summed E-state index contributed by atoms with van der Waals surface area (Å²) < 4.78 is 5.24. The standard InChI is InChI=1S/C21H23N3O2/c1-14-8-5-6-13-24(14)21-15-9-3-4-11-17(15)22-20(23-21)16-10-7-12-18(26-2)19(16)25/h3-4,7,9-12,14,25H,5-6,8,13H2,1-2H3/t14-/m1/s1. The number of benzene rings is 2. The molecule has 0 bridgehead atoms. The van der Waals surface area contributed by atoms with E-state index in [9.17, 15) is 5.11 Å². The topological polar surface area (TPSA) is 58.5 Å². The van der Waals surface area contributed by atoms with E-state index in [1.807, 2.05) is 30.3 Å². The van der Waals surface area contributed by atoms with Crippen molar-refractivity contribution in [1.82, 2.24) is 9.97 Å². The molecule has 4 rings (SSSR count). The smallest absolute Gasteiger partial charge is 0.168 e. The zero-order valence-electron chi connectivity index (χ0n) is 15.1. The minimum absolute atomic E-state index is 0.0722. The molecule has 1 aliphatic rings. The number of piperidine rings is 1. The van der Waals surface area contributed by atoms with Crippen molar-refractivity contribution < 1.29 is 9.84 Å². The SMILES string of the molecule is COc1cccc(-c2nc(N3CCCC[C@H]3C)c3ccccc3n2)c1O. The summed E-state index contributed by atoms with van der Waals surface area (Å²) in [7, 11) is 1.54. The Balaban J connectivity index is 1.92. The maximum absolute atomic E-state index is 10.5. The number of phenolic OH excluding ortho intramolecular Hbond substituents is 1. The number of aromatic nitrogens is 2. The number of nitrogens with zero attached hydrogens (tertiary/aromatic N) is 3. The Morgan fingerprint density at radius 2 is 1.92 bits per heavy atom. The van der Waals surface area contributed by atoms with Gasteiger partial charge in [-0.1, -0.05) is 18.2 Å². The zero-order valence-corrected chi connectivity index (χ0v) is 15.1. The van der Waals surface area contributed by atoms with Crippen LogP contribution in [0.2, 0.25) is 0 Å². The normalized spacial score (nSPS) is 17.5. The summed E-state index contributed by atoms with van der Waals surface area (Å²) in [6.07, 6.45) is 3.59. The molecule has 1 aromatic heterocycles. The molecule has 1 fully saturated rings. The van der Waals surface area contributed by atoms with Gasteiger partial charge in [0.15, 0.2) is 17.3 Å². The Morgan fingerprint density at radius 1 is 1.08 bits per heavy atom. The second-order valence-electron chi connectivity index (χ2n) is 6.78. The second-order valence-corrected chi connectivity index (χ2v) is 6.78. The van der Waals surface area contributed by atoms with Crippen LogP contribution in [0.3, 0.4) is 0 Å². The lowest BCUT2D eigenvalue weighted by molar-refractivity contribution is 0.374. The lowest BCUT2D eigenvalue weighted by atomic mass is 10.0. The number of methoxy groups -OCH3 is 1. The van der Waals surface area contributed by atoms with E-state index in [4.69, 9.17) is 14.7 Å². The molecule has 5 nitrogen and oxygen atoms in total. The molecule has 1 N–H and O–H groups in total. The van der Waals surface area contributed by atoms with Gasteiger partial charge in [-0.05, 0) is 50.5 Å². The van der Waals surface area contributed by atoms with Crippen LogP contribution >= 0.6 is 0 Å². The first-order chi connectivity index (χ1) is 12.7. The average molecular weight is 349 g/mol. The van der Waals surface area contributed by atoms with Gasteiger partial charge in [0.25, 0.3) is 0 Å². The summed E-state index contributed by atoms with van der Waals surface area (Å²) in [6.45, 7) is 3.24. The monoisotopic (exact) mass is 349 g/mol. The third-order valence-electron chi connectivity index (χ3n) is 5.12. The zero-order chi connectivity index (χ0) is 18.1. The van der Waals surface area contributed by atoms with E-state index in [2.05, 4.69) is 17.9 Å². The van der Waals surface area contributed by atoms with Gasteiger partial charge in [-0.15, -0.1) is 0 Å². The quantitative estimate of drug-likeness (QED) is 0.760. The lowest BCUT2D eigenvalue weighted by Gasteiger charge is -2.35.